The van der Waals surface area contributed by atoms with Crippen molar-refractivity contribution >= 4 is 6.09 Å². The highest BCUT2D eigenvalue weighted by Gasteiger charge is 2.49. The normalized spacial score (nSPS) is 29.6. The maximum absolute atomic E-state index is 14.7. The molecule has 1 amide bonds. The van der Waals surface area contributed by atoms with Crippen LogP contribution in [0, 0.1) is 0 Å². The van der Waals surface area contributed by atoms with Crippen LogP contribution in [0.3, 0.4) is 0 Å². The van der Waals surface area contributed by atoms with Crippen LogP contribution in [-0.2, 0) is 25.4 Å². The van der Waals surface area contributed by atoms with Crippen LogP contribution < -0.4 is 0 Å². The van der Waals surface area contributed by atoms with E-state index >= 15 is 0 Å². The SMILES string of the molecule is CC1Cc2nn3c(c2CN1C(=O)O)C(F)(F)CC(O)(CO)CC3. The second-order valence-electron chi connectivity index (χ2n) is 6.47. The summed E-state index contributed by atoms with van der Waals surface area (Å²) in [4.78, 5) is 12.4. The van der Waals surface area contributed by atoms with E-state index in [-0.39, 0.29) is 43.2 Å². The number of hydrogen-bond donors (Lipinski definition) is 3. The highest BCUT2D eigenvalue weighted by molar-refractivity contribution is 5.66. The van der Waals surface area contributed by atoms with Gasteiger partial charge in [0, 0.05) is 31.0 Å². The van der Waals surface area contributed by atoms with E-state index in [1.807, 2.05) is 0 Å². The van der Waals surface area contributed by atoms with Crippen molar-refractivity contribution in [2.75, 3.05) is 6.61 Å². The number of aryl methyl sites for hydroxylation is 1. The van der Waals surface area contributed by atoms with Gasteiger partial charge in [-0.3, -0.25) is 4.68 Å². The van der Waals surface area contributed by atoms with Crippen molar-refractivity contribution in [3.63, 3.8) is 0 Å². The van der Waals surface area contributed by atoms with Crippen molar-refractivity contribution in [2.45, 2.75) is 56.8 Å². The molecule has 1 aromatic rings. The molecule has 7 nitrogen and oxygen atoms in total. The minimum atomic E-state index is -3.39. The predicted octanol–water partition coefficient (Wildman–Crippen LogP) is 0.917. The van der Waals surface area contributed by atoms with Crippen LogP contribution in [0.1, 0.15) is 36.7 Å². The zero-order valence-corrected chi connectivity index (χ0v) is 12.7. The number of aliphatic hydroxyl groups is 2. The van der Waals surface area contributed by atoms with Crippen molar-refractivity contribution in [3.05, 3.63) is 17.0 Å². The maximum atomic E-state index is 14.7. The third kappa shape index (κ3) is 2.57. The Balaban J connectivity index is 2.06. The highest BCUT2D eigenvalue weighted by atomic mass is 19.3. The summed E-state index contributed by atoms with van der Waals surface area (Å²) < 4.78 is 30.5. The van der Waals surface area contributed by atoms with Crippen LogP contribution >= 0.6 is 0 Å². The van der Waals surface area contributed by atoms with Gasteiger partial charge in [-0.05, 0) is 13.3 Å². The summed E-state index contributed by atoms with van der Waals surface area (Å²) in [5.41, 5.74) is -1.50. The average molecular weight is 331 g/mol. The first-order valence-electron chi connectivity index (χ1n) is 7.46. The first-order valence-corrected chi connectivity index (χ1v) is 7.46. The molecular weight excluding hydrogens is 312 g/mol. The topological polar surface area (TPSA) is 98.8 Å². The zero-order valence-electron chi connectivity index (χ0n) is 12.7. The molecule has 2 aliphatic heterocycles. The molecule has 2 aliphatic rings. The molecule has 0 aromatic carbocycles. The van der Waals surface area contributed by atoms with Crippen LogP contribution in [-0.4, -0.2) is 54.3 Å². The summed E-state index contributed by atoms with van der Waals surface area (Å²) in [5.74, 6) is -3.39. The molecule has 0 aliphatic carbocycles. The number of carboxylic acid groups (broad SMARTS) is 1. The fourth-order valence-electron chi connectivity index (χ4n) is 3.46. The smallest absolute Gasteiger partial charge is 0.407 e. The Morgan fingerprint density at radius 1 is 1.48 bits per heavy atom. The van der Waals surface area contributed by atoms with E-state index in [1.54, 1.807) is 6.92 Å². The van der Waals surface area contributed by atoms with Crippen molar-refractivity contribution < 1.29 is 28.9 Å². The number of halogens is 2. The summed E-state index contributed by atoms with van der Waals surface area (Å²) in [6.45, 7) is 0.864. The van der Waals surface area contributed by atoms with Crippen molar-refractivity contribution in [1.29, 1.82) is 0 Å². The molecule has 9 heteroatoms. The zero-order chi connectivity index (χ0) is 17.0. The molecule has 0 radical (unpaired) electrons. The Hall–Kier alpha value is -1.74. The van der Waals surface area contributed by atoms with Crippen molar-refractivity contribution in [3.8, 4) is 0 Å². The number of nitrogens with zero attached hydrogens (tertiary/aromatic N) is 3. The van der Waals surface area contributed by atoms with Crippen LogP contribution in [0.25, 0.3) is 0 Å². The third-order valence-corrected chi connectivity index (χ3v) is 4.71. The van der Waals surface area contributed by atoms with Gasteiger partial charge in [0.2, 0.25) is 0 Å². The van der Waals surface area contributed by atoms with Gasteiger partial charge in [-0.1, -0.05) is 0 Å². The summed E-state index contributed by atoms with van der Waals surface area (Å²) >= 11 is 0. The van der Waals surface area contributed by atoms with Gasteiger partial charge >= 0.3 is 6.09 Å². The number of hydrogen-bond acceptors (Lipinski definition) is 4. The monoisotopic (exact) mass is 331 g/mol. The Bertz CT molecular complexity index is 648. The summed E-state index contributed by atoms with van der Waals surface area (Å²) in [7, 11) is 0. The lowest BCUT2D eigenvalue weighted by molar-refractivity contribution is -0.112. The molecule has 3 N–H and O–H groups in total. The molecule has 1 aromatic heterocycles. The maximum Gasteiger partial charge on any atom is 0.407 e. The van der Waals surface area contributed by atoms with Gasteiger partial charge in [-0.25, -0.2) is 4.79 Å². The number of carbonyl (C=O) groups is 1. The van der Waals surface area contributed by atoms with E-state index < -0.39 is 30.6 Å². The van der Waals surface area contributed by atoms with Gasteiger partial charge in [-0.2, -0.15) is 13.9 Å². The van der Waals surface area contributed by atoms with Crippen LogP contribution in [0.4, 0.5) is 13.6 Å². The van der Waals surface area contributed by atoms with E-state index in [2.05, 4.69) is 5.10 Å². The van der Waals surface area contributed by atoms with E-state index in [0.29, 0.717) is 5.69 Å². The van der Waals surface area contributed by atoms with Crippen LogP contribution in [0.15, 0.2) is 0 Å². The summed E-state index contributed by atoms with van der Waals surface area (Å²) in [6.07, 6.45) is -1.82. The van der Waals surface area contributed by atoms with E-state index in [9.17, 15) is 28.9 Å². The van der Waals surface area contributed by atoms with E-state index in [0.717, 1.165) is 9.58 Å². The molecule has 0 saturated heterocycles. The second-order valence-corrected chi connectivity index (χ2v) is 6.47. The molecule has 3 heterocycles. The standard InChI is InChI=1S/C14H19F2N3O4/c1-8-4-10-9(5-18(8)12(21)22)11-14(15,16)6-13(23,7-20)2-3-19(11)17-10/h8,20,23H,2-7H2,1H3,(H,21,22). The van der Waals surface area contributed by atoms with Crippen LogP contribution in [0.2, 0.25) is 0 Å². The number of amides is 1. The molecular formula is C14H19F2N3O4. The average Bonchev–Trinajstić information content (AvgIpc) is 2.77. The summed E-state index contributed by atoms with van der Waals surface area (Å²) in [5, 5.41) is 32.7. The van der Waals surface area contributed by atoms with Crippen molar-refractivity contribution in [1.82, 2.24) is 14.7 Å². The van der Waals surface area contributed by atoms with Gasteiger partial charge in [-0.15, -0.1) is 0 Å². The molecule has 2 atom stereocenters. The molecule has 0 saturated carbocycles. The lowest BCUT2D eigenvalue weighted by Crippen LogP contribution is -2.42. The largest absolute Gasteiger partial charge is 0.465 e. The first kappa shape index (κ1) is 16.1. The summed E-state index contributed by atoms with van der Waals surface area (Å²) in [6, 6.07) is -0.331. The highest BCUT2D eigenvalue weighted by Crippen LogP contribution is 2.44. The minimum absolute atomic E-state index is 0.0369. The quantitative estimate of drug-likeness (QED) is 0.711. The van der Waals surface area contributed by atoms with Gasteiger partial charge in [0.05, 0.1) is 24.4 Å². The first-order chi connectivity index (χ1) is 10.7. The fourth-order valence-corrected chi connectivity index (χ4v) is 3.46. The number of aromatic nitrogens is 2. The second kappa shape index (κ2) is 5.13. The molecule has 2 unspecified atom stereocenters. The third-order valence-electron chi connectivity index (χ3n) is 4.71. The number of rotatable bonds is 1. The van der Waals surface area contributed by atoms with Gasteiger partial charge in [0.1, 0.15) is 5.69 Å². The molecule has 0 fully saturated rings. The van der Waals surface area contributed by atoms with Gasteiger partial charge < -0.3 is 20.2 Å². The predicted molar refractivity (Wildman–Crippen MR) is 74.1 cm³/mol. The van der Waals surface area contributed by atoms with Crippen LogP contribution in [0.5, 0.6) is 0 Å². The lowest BCUT2D eigenvalue weighted by atomic mass is 9.90. The number of alkyl halides is 2. The molecule has 0 bridgehead atoms. The van der Waals surface area contributed by atoms with Gasteiger partial charge in [0.15, 0.2) is 0 Å². The Morgan fingerprint density at radius 3 is 2.78 bits per heavy atom. The molecule has 23 heavy (non-hydrogen) atoms. The Labute approximate surface area is 131 Å². The van der Waals surface area contributed by atoms with Gasteiger partial charge in [0.25, 0.3) is 5.92 Å². The minimum Gasteiger partial charge on any atom is -0.465 e. The van der Waals surface area contributed by atoms with E-state index in [1.165, 1.54) is 0 Å². The van der Waals surface area contributed by atoms with Crippen molar-refractivity contribution in [2.24, 2.45) is 0 Å². The fraction of sp³-hybridized carbons (Fsp3) is 0.714. The molecule has 0 spiro atoms. The number of aliphatic hydroxyl groups excluding tert-OH is 1. The lowest BCUT2D eigenvalue weighted by Gasteiger charge is -2.32. The number of fused-ring (bicyclic) bond motifs is 3. The van der Waals surface area contributed by atoms with E-state index in [4.69, 9.17) is 0 Å². The Kier molecular flexibility index (Phi) is 3.60. The Morgan fingerprint density at radius 2 is 2.17 bits per heavy atom. The molecule has 128 valence electrons. The molecule has 3 rings (SSSR count).